The summed E-state index contributed by atoms with van der Waals surface area (Å²) >= 11 is 8.23. The third kappa shape index (κ3) is 4.97. The van der Waals surface area contributed by atoms with Gasteiger partial charge in [-0.05, 0) is 54.7 Å². The van der Waals surface area contributed by atoms with Crippen LogP contribution in [0.15, 0.2) is 47.9 Å². The van der Waals surface area contributed by atoms with Crippen molar-refractivity contribution in [2.45, 2.75) is 58.5 Å². The first-order valence-corrected chi connectivity index (χ1v) is 17.5. The van der Waals surface area contributed by atoms with E-state index in [1.807, 2.05) is 45.6 Å². The molecule has 0 radical (unpaired) electrons. The van der Waals surface area contributed by atoms with Gasteiger partial charge in [0.15, 0.2) is 5.13 Å². The van der Waals surface area contributed by atoms with Crippen LogP contribution < -0.4 is 21.1 Å². The smallest absolute Gasteiger partial charge is 0.283 e. The number of nitrogen functional groups attached to an aromatic ring is 1. The van der Waals surface area contributed by atoms with Crippen molar-refractivity contribution in [3.63, 3.8) is 0 Å². The molecule has 2 aliphatic heterocycles. The lowest BCUT2D eigenvalue weighted by Crippen LogP contribution is -2.66. The number of pyridine rings is 3. The average molecular weight is 715 g/mol. The van der Waals surface area contributed by atoms with Gasteiger partial charge in [-0.25, -0.2) is 14.4 Å². The molecule has 0 bridgehead atoms. The van der Waals surface area contributed by atoms with Gasteiger partial charge >= 0.3 is 0 Å². The Morgan fingerprint density at radius 1 is 1.10 bits per heavy atom. The van der Waals surface area contributed by atoms with Crippen molar-refractivity contribution >= 4 is 72.5 Å². The van der Waals surface area contributed by atoms with Gasteiger partial charge in [0.1, 0.15) is 28.7 Å². The van der Waals surface area contributed by atoms with E-state index in [0.29, 0.717) is 44.1 Å². The van der Waals surface area contributed by atoms with Crippen molar-refractivity contribution in [3.05, 3.63) is 75.6 Å². The highest BCUT2D eigenvalue weighted by atomic mass is 35.5. The fourth-order valence-corrected chi connectivity index (χ4v) is 8.35. The molecule has 0 spiro atoms. The molecular weight excluding hydrogens is 679 g/mol. The SMILES string of the molecule is C=CC(=O)N1C[C@@H]2C(=O)N(C)c3c(c4cc(Cl)c(-c5ccc(F)c6nc(N)sc56)nc4n(-c4c(C(C)C)ccnc4C(C)C)c3=O)N2C[C@H]1C. The molecule has 0 saturated carbocycles. The van der Waals surface area contributed by atoms with E-state index in [1.165, 1.54) is 17.0 Å². The maximum Gasteiger partial charge on any atom is 0.283 e. The Balaban J connectivity index is 1.63. The van der Waals surface area contributed by atoms with Crippen LogP contribution in [0.1, 0.15) is 57.7 Å². The van der Waals surface area contributed by atoms with Crippen LogP contribution in [0.25, 0.3) is 38.2 Å². The number of halogens is 2. The second kappa shape index (κ2) is 12.2. The Labute approximate surface area is 296 Å². The van der Waals surface area contributed by atoms with Gasteiger partial charge in [-0.1, -0.05) is 57.2 Å². The van der Waals surface area contributed by atoms with Crippen molar-refractivity contribution in [1.29, 1.82) is 0 Å². The molecule has 2 N–H and O–H groups in total. The number of thiazole rings is 1. The van der Waals surface area contributed by atoms with Crippen LogP contribution in [-0.4, -0.2) is 68.5 Å². The zero-order valence-electron chi connectivity index (χ0n) is 28.5. The summed E-state index contributed by atoms with van der Waals surface area (Å²) in [5.41, 5.74) is 9.60. The van der Waals surface area contributed by atoms with E-state index in [0.717, 1.165) is 16.9 Å². The summed E-state index contributed by atoms with van der Waals surface area (Å²) in [6.07, 6.45) is 2.98. The number of carbonyl (C=O) groups is 2. The number of amides is 2. The van der Waals surface area contributed by atoms with E-state index in [2.05, 4.69) is 11.6 Å². The number of carbonyl (C=O) groups excluding carboxylic acids is 2. The van der Waals surface area contributed by atoms with Crippen LogP contribution in [-0.2, 0) is 9.59 Å². The largest absolute Gasteiger partial charge is 0.375 e. The lowest BCUT2D eigenvalue weighted by atomic mass is 9.95. The molecule has 1 aromatic carbocycles. The van der Waals surface area contributed by atoms with Gasteiger partial charge in [0.05, 0.1) is 39.0 Å². The summed E-state index contributed by atoms with van der Waals surface area (Å²) in [5.74, 6) is -1.21. The Hall–Kier alpha value is -4.88. The molecule has 258 valence electrons. The van der Waals surface area contributed by atoms with E-state index in [9.17, 15) is 14.0 Å². The molecule has 11 nitrogen and oxygen atoms in total. The van der Waals surface area contributed by atoms with Gasteiger partial charge in [0.2, 0.25) is 5.91 Å². The number of anilines is 3. The molecule has 2 amide bonds. The van der Waals surface area contributed by atoms with Crippen LogP contribution in [0.3, 0.4) is 0 Å². The highest BCUT2D eigenvalue weighted by Gasteiger charge is 2.46. The second-order valence-electron chi connectivity index (χ2n) is 13.4. The zero-order valence-corrected chi connectivity index (χ0v) is 30.1. The van der Waals surface area contributed by atoms with Crippen molar-refractivity contribution in [2.24, 2.45) is 0 Å². The molecular formula is C36H36ClFN8O3S. The predicted molar refractivity (Wildman–Crippen MR) is 197 cm³/mol. The highest BCUT2D eigenvalue weighted by Crippen LogP contribution is 2.45. The first-order valence-electron chi connectivity index (χ1n) is 16.4. The summed E-state index contributed by atoms with van der Waals surface area (Å²) in [6, 6.07) is 5.46. The molecule has 4 aromatic heterocycles. The first kappa shape index (κ1) is 33.6. The number of hydrogen-bond donors (Lipinski definition) is 1. The molecule has 5 aromatic rings. The topological polar surface area (TPSA) is 131 Å². The predicted octanol–water partition coefficient (Wildman–Crippen LogP) is 6.25. The van der Waals surface area contributed by atoms with E-state index in [1.54, 1.807) is 34.8 Å². The molecule has 0 aliphatic carbocycles. The maximum absolute atomic E-state index is 15.2. The van der Waals surface area contributed by atoms with Crippen molar-refractivity contribution in [2.75, 3.05) is 35.7 Å². The van der Waals surface area contributed by atoms with Gasteiger partial charge in [-0.3, -0.25) is 23.9 Å². The maximum atomic E-state index is 15.2. The van der Waals surface area contributed by atoms with Gasteiger partial charge in [0, 0.05) is 36.8 Å². The number of rotatable bonds is 5. The van der Waals surface area contributed by atoms with Crippen molar-refractivity contribution in [3.8, 4) is 16.9 Å². The molecule has 50 heavy (non-hydrogen) atoms. The first-order chi connectivity index (χ1) is 23.7. The molecule has 14 heteroatoms. The van der Waals surface area contributed by atoms with Crippen LogP contribution in [0.4, 0.5) is 20.9 Å². The Kier molecular flexibility index (Phi) is 8.18. The van der Waals surface area contributed by atoms with Crippen LogP contribution >= 0.6 is 22.9 Å². The van der Waals surface area contributed by atoms with E-state index in [-0.39, 0.29) is 64.1 Å². The Morgan fingerprint density at radius 3 is 2.52 bits per heavy atom. The Bertz CT molecular complexity index is 2310. The number of hydrogen-bond acceptors (Lipinski definition) is 9. The number of fused-ring (bicyclic) bond motifs is 6. The summed E-state index contributed by atoms with van der Waals surface area (Å²) in [6.45, 7) is 14.0. The number of nitrogens with two attached hydrogens (primary N) is 1. The number of nitrogens with zero attached hydrogens (tertiary/aromatic N) is 7. The molecule has 6 heterocycles. The molecule has 2 atom stereocenters. The third-order valence-electron chi connectivity index (χ3n) is 9.63. The van der Waals surface area contributed by atoms with E-state index < -0.39 is 17.4 Å². The van der Waals surface area contributed by atoms with Gasteiger partial charge in [-0.15, -0.1) is 0 Å². The molecule has 1 saturated heterocycles. The van der Waals surface area contributed by atoms with E-state index >= 15 is 4.79 Å². The van der Waals surface area contributed by atoms with Crippen molar-refractivity contribution in [1.82, 2.24) is 24.4 Å². The van der Waals surface area contributed by atoms with Crippen molar-refractivity contribution < 1.29 is 14.0 Å². The summed E-state index contributed by atoms with van der Waals surface area (Å²) in [7, 11) is 1.58. The quantitative estimate of drug-likeness (QED) is 0.212. The van der Waals surface area contributed by atoms with E-state index in [4.69, 9.17) is 27.3 Å². The van der Waals surface area contributed by atoms with Crippen LogP contribution in [0, 0.1) is 5.82 Å². The monoisotopic (exact) mass is 714 g/mol. The normalized spacial score (nSPS) is 17.6. The minimum absolute atomic E-state index is 0.00721. The molecule has 7 rings (SSSR count). The zero-order chi connectivity index (χ0) is 35.9. The number of aromatic nitrogens is 4. The lowest BCUT2D eigenvalue weighted by molar-refractivity contribution is -0.130. The van der Waals surface area contributed by atoms with Crippen LogP contribution in [0.2, 0.25) is 5.02 Å². The third-order valence-corrected chi connectivity index (χ3v) is 10.8. The van der Waals surface area contributed by atoms with Gasteiger partial charge in [-0.2, -0.15) is 0 Å². The fraction of sp³-hybridized carbons (Fsp3) is 0.333. The standard InChI is InChI=1S/C36H36ClFN8O3S/c1-8-25(47)44-15-24-34(48)43(7)31-30(45(24)14-18(44)6)21-13-22(37)27(20-9-10-23(38)28-32(20)50-36(39)42-28)41-33(21)46(35(31)49)29-19(16(2)3)11-12-40-26(29)17(4)5/h8-13,16-18,24H,1,14-15H2,2-7H3,(H2,39,42)/t18-,24-/m1/s1. The second-order valence-corrected chi connectivity index (χ2v) is 14.8. The number of benzene rings is 1. The average Bonchev–Trinajstić information content (AvgIpc) is 3.48. The lowest BCUT2D eigenvalue weighted by Gasteiger charge is -2.49. The molecule has 2 aliphatic rings. The molecule has 0 unspecified atom stereocenters. The molecule has 1 fully saturated rings. The fourth-order valence-electron chi connectivity index (χ4n) is 7.23. The minimum atomic E-state index is -0.766. The number of piperazine rings is 1. The highest BCUT2D eigenvalue weighted by molar-refractivity contribution is 7.22. The Morgan fingerprint density at radius 2 is 1.84 bits per heavy atom. The summed E-state index contributed by atoms with van der Waals surface area (Å²) < 4.78 is 16.9. The summed E-state index contributed by atoms with van der Waals surface area (Å²) in [5, 5.41) is 0.965. The number of likely N-dealkylation sites (N-methyl/N-ethyl adjacent to an activating group) is 1. The summed E-state index contributed by atoms with van der Waals surface area (Å²) in [4.78, 5) is 61.1. The van der Waals surface area contributed by atoms with Gasteiger partial charge in [0.25, 0.3) is 11.5 Å². The van der Waals surface area contributed by atoms with Gasteiger partial charge < -0.3 is 20.4 Å². The van der Waals surface area contributed by atoms with Crippen LogP contribution in [0.5, 0.6) is 0 Å². The minimum Gasteiger partial charge on any atom is -0.375 e.